The van der Waals surface area contributed by atoms with E-state index in [0.717, 1.165) is 6.42 Å². The third kappa shape index (κ3) is 4.21. The van der Waals surface area contributed by atoms with Gasteiger partial charge in [0.15, 0.2) is 17.3 Å². The minimum Gasteiger partial charge on any atom is -0.504 e. The van der Waals surface area contributed by atoms with Crippen molar-refractivity contribution in [2.75, 3.05) is 6.61 Å². The molecule has 2 aliphatic rings. The van der Waals surface area contributed by atoms with Crippen molar-refractivity contribution in [3.63, 3.8) is 0 Å². The Morgan fingerprint density at radius 1 is 1.20 bits per heavy atom. The zero-order valence-electron chi connectivity index (χ0n) is 15.1. The van der Waals surface area contributed by atoms with Crippen LogP contribution in [0.25, 0.3) is 0 Å². The van der Waals surface area contributed by atoms with Crippen molar-refractivity contribution in [1.82, 2.24) is 0 Å². The second-order valence-corrected chi connectivity index (χ2v) is 7.59. The number of hydrogen-bond acceptors (Lipinski definition) is 5. The summed E-state index contributed by atoms with van der Waals surface area (Å²) in [5.74, 6) is 2.19. The average Bonchev–Trinajstić information content (AvgIpc) is 3.04. The molecule has 4 unspecified atom stereocenters. The Labute approximate surface area is 149 Å². The molecular formula is C20H28O5. The summed E-state index contributed by atoms with van der Waals surface area (Å²) in [5.41, 5.74) is 0.646. The van der Waals surface area contributed by atoms with Gasteiger partial charge in [0.2, 0.25) is 0 Å². The van der Waals surface area contributed by atoms with E-state index in [1.54, 1.807) is 12.3 Å². The van der Waals surface area contributed by atoms with Crippen molar-refractivity contribution >= 4 is 0 Å². The summed E-state index contributed by atoms with van der Waals surface area (Å²) in [6.45, 7) is 7.20. The average molecular weight is 348 g/mol. The Hall–Kier alpha value is -1.88. The highest BCUT2D eigenvalue weighted by Crippen LogP contribution is 2.37. The van der Waals surface area contributed by atoms with E-state index in [1.807, 2.05) is 0 Å². The first kappa shape index (κ1) is 17.9. The quantitative estimate of drug-likeness (QED) is 0.769. The maximum absolute atomic E-state index is 9.60. The molecule has 0 amide bonds. The van der Waals surface area contributed by atoms with Crippen molar-refractivity contribution in [3.8, 4) is 11.5 Å². The third-order valence-corrected chi connectivity index (χ3v) is 5.25. The summed E-state index contributed by atoms with van der Waals surface area (Å²) in [6.07, 6.45) is 4.80. The molecule has 0 radical (unpaired) electrons. The molecule has 1 saturated carbocycles. The number of phenols is 2. The lowest BCUT2D eigenvalue weighted by Gasteiger charge is -2.37. The number of benzene rings is 1. The van der Waals surface area contributed by atoms with Crippen LogP contribution in [0.1, 0.15) is 51.9 Å². The van der Waals surface area contributed by atoms with Crippen LogP contribution in [-0.4, -0.2) is 22.9 Å². The molecular weight excluding hydrogens is 320 g/mol. The molecule has 1 heterocycles. The van der Waals surface area contributed by atoms with Crippen molar-refractivity contribution in [2.24, 2.45) is 17.8 Å². The first-order chi connectivity index (χ1) is 11.9. The Bertz CT molecular complexity index is 625. The molecule has 1 fully saturated rings. The molecule has 2 N–H and O–H groups in total. The van der Waals surface area contributed by atoms with Crippen LogP contribution in [0.2, 0.25) is 0 Å². The van der Waals surface area contributed by atoms with Gasteiger partial charge >= 0.3 is 0 Å². The molecule has 25 heavy (non-hydrogen) atoms. The number of rotatable bonds is 5. The van der Waals surface area contributed by atoms with Gasteiger partial charge in [-0.3, -0.25) is 0 Å². The van der Waals surface area contributed by atoms with E-state index in [9.17, 15) is 10.2 Å². The Morgan fingerprint density at radius 2 is 2.00 bits per heavy atom. The molecule has 1 aliphatic carbocycles. The van der Waals surface area contributed by atoms with Crippen LogP contribution in [0.15, 0.2) is 30.2 Å². The molecule has 5 nitrogen and oxygen atoms in total. The van der Waals surface area contributed by atoms with Gasteiger partial charge in [0.25, 0.3) is 6.29 Å². The highest BCUT2D eigenvalue weighted by Gasteiger charge is 2.32. The molecule has 1 aromatic rings. The molecule has 0 saturated heterocycles. The molecule has 5 heteroatoms. The lowest BCUT2D eigenvalue weighted by molar-refractivity contribution is -0.0674. The highest BCUT2D eigenvalue weighted by atomic mass is 16.7. The van der Waals surface area contributed by atoms with Gasteiger partial charge in [-0.15, -0.1) is 0 Å². The maximum atomic E-state index is 9.60. The largest absolute Gasteiger partial charge is 0.504 e. The molecule has 0 bridgehead atoms. The summed E-state index contributed by atoms with van der Waals surface area (Å²) in [6, 6.07) is 4.52. The predicted octanol–water partition coefficient (Wildman–Crippen LogP) is 4.46. The second-order valence-electron chi connectivity index (χ2n) is 7.59. The molecule has 138 valence electrons. The van der Waals surface area contributed by atoms with Gasteiger partial charge in [0.05, 0.1) is 6.10 Å². The van der Waals surface area contributed by atoms with Crippen LogP contribution < -0.4 is 0 Å². The fourth-order valence-corrected chi connectivity index (χ4v) is 3.73. The molecule has 1 aliphatic heterocycles. The SMILES string of the molecule is CC1CCC(C(C)C)C(OCC2=COC(c3ccc(O)c(O)c3)O2)C1. The lowest BCUT2D eigenvalue weighted by atomic mass is 9.75. The van der Waals surface area contributed by atoms with Crippen LogP contribution in [0.5, 0.6) is 11.5 Å². The fourth-order valence-electron chi connectivity index (χ4n) is 3.73. The lowest BCUT2D eigenvalue weighted by Crippen LogP contribution is -2.34. The standard InChI is InChI=1S/C20H28O5/c1-12(2)16-6-4-13(3)8-19(16)23-10-15-11-24-20(25-15)14-5-7-17(21)18(22)9-14/h5,7,9,11-13,16,19-22H,4,6,8,10H2,1-3H3. The van der Waals surface area contributed by atoms with E-state index in [2.05, 4.69) is 20.8 Å². The van der Waals surface area contributed by atoms with Crippen LogP contribution in [0.3, 0.4) is 0 Å². The molecule has 0 aromatic heterocycles. The minimum atomic E-state index is -0.615. The van der Waals surface area contributed by atoms with E-state index in [-0.39, 0.29) is 17.6 Å². The monoisotopic (exact) mass is 348 g/mol. The van der Waals surface area contributed by atoms with Crippen molar-refractivity contribution in [1.29, 1.82) is 0 Å². The first-order valence-electron chi connectivity index (χ1n) is 9.08. The van der Waals surface area contributed by atoms with Crippen LogP contribution in [0, 0.1) is 17.8 Å². The van der Waals surface area contributed by atoms with Gasteiger partial charge in [-0.05, 0) is 48.8 Å². The first-order valence-corrected chi connectivity index (χ1v) is 9.08. The van der Waals surface area contributed by atoms with Crippen LogP contribution >= 0.6 is 0 Å². The third-order valence-electron chi connectivity index (χ3n) is 5.25. The summed E-state index contributed by atoms with van der Waals surface area (Å²) in [7, 11) is 0. The number of hydrogen-bond donors (Lipinski definition) is 2. The van der Waals surface area contributed by atoms with Crippen LogP contribution in [-0.2, 0) is 14.2 Å². The van der Waals surface area contributed by atoms with E-state index in [4.69, 9.17) is 14.2 Å². The number of ether oxygens (including phenoxy) is 3. The molecule has 0 spiro atoms. The van der Waals surface area contributed by atoms with E-state index in [0.29, 0.717) is 35.7 Å². The normalized spacial score (nSPS) is 29.2. The van der Waals surface area contributed by atoms with Gasteiger partial charge in [0, 0.05) is 5.56 Å². The fraction of sp³-hybridized carbons (Fsp3) is 0.600. The highest BCUT2D eigenvalue weighted by molar-refractivity contribution is 5.41. The Balaban J connectivity index is 1.54. The molecule has 4 atom stereocenters. The zero-order valence-corrected chi connectivity index (χ0v) is 15.1. The summed E-state index contributed by atoms with van der Waals surface area (Å²) < 4.78 is 17.5. The van der Waals surface area contributed by atoms with Crippen LogP contribution in [0.4, 0.5) is 0 Å². The van der Waals surface area contributed by atoms with E-state index in [1.165, 1.54) is 25.0 Å². The van der Waals surface area contributed by atoms with Gasteiger partial charge in [0.1, 0.15) is 12.9 Å². The second kappa shape index (κ2) is 7.56. The van der Waals surface area contributed by atoms with Gasteiger partial charge in [-0.2, -0.15) is 0 Å². The smallest absolute Gasteiger partial charge is 0.266 e. The Kier molecular flexibility index (Phi) is 5.42. The maximum Gasteiger partial charge on any atom is 0.266 e. The summed E-state index contributed by atoms with van der Waals surface area (Å²) in [5, 5.41) is 19.0. The van der Waals surface area contributed by atoms with Gasteiger partial charge in [-0.1, -0.05) is 27.2 Å². The van der Waals surface area contributed by atoms with Crippen molar-refractivity contribution in [3.05, 3.63) is 35.8 Å². The van der Waals surface area contributed by atoms with Gasteiger partial charge < -0.3 is 24.4 Å². The van der Waals surface area contributed by atoms with E-state index < -0.39 is 6.29 Å². The topological polar surface area (TPSA) is 68.2 Å². The van der Waals surface area contributed by atoms with E-state index >= 15 is 0 Å². The Morgan fingerprint density at radius 3 is 2.72 bits per heavy atom. The number of aromatic hydroxyl groups is 2. The summed E-state index contributed by atoms with van der Waals surface area (Å²) in [4.78, 5) is 0. The predicted molar refractivity (Wildman–Crippen MR) is 93.8 cm³/mol. The molecule has 1 aromatic carbocycles. The zero-order chi connectivity index (χ0) is 18.0. The van der Waals surface area contributed by atoms with Gasteiger partial charge in [-0.25, -0.2) is 0 Å². The summed E-state index contributed by atoms with van der Waals surface area (Å²) >= 11 is 0. The number of phenolic OH excluding ortho intramolecular Hbond substituents is 2. The van der Waals surface area contributed by atoms with Crippen molar-refractivity contribution < 1.29 is 24.4 Å². The minimum absolute atomic E-state index is 0.163. The van der Waals surface area contributed by atoms with Crippen molar-refractivity contribution in [2.45, 2.75) is 52.4 Å². The molecule has 3 rings (SSSR count).